The molecular weight excluding hydrogens is 597 g/mol. The van der Waals surface area contributed by atoms with Crippen molar-refractivity contribution in [3.63, 3.8) is 0 Å². The van der Waals surface area contributed by atoms with Gasteiger partial charge in [0.25, 0.3) is 0 Å². The molecule has 49 heavy (non-hydrogen) atoms. The first-order chi connectivity index (χ1) is 24.3. The second-order valence-corrected chi connectivity index (χ2v) is 12.7. The quantitative estimate of drug-likeness (QED) is 0.196. The van der Waals surface area contributed by atoms with Crippen LogP contribution in [0.25, 0.3) is 67.3 Å². The molecule has 0 bridgehead atoms. The normalized spacial score (nSPS) is 13.1. The SMILES string of the molecule is c1ccc(-c2ccc(-c3ccc4c(c3)C3(c5ccccc5-c5ccccc53)c3cc(-c5ccc(-c6ccccn6)nc5)ccc3-4)cn2)nc1. The Kier molecular flexibility index (Phi) is 6.06. The van der Waals surface area contributed by atoms with Crippen molar-refractivity contribution in [3.05, 3.63) is 193 Å². The van der Waals surface area contributed by atoms with Crippen molar-refractivity contribution in [2.45, 2.75) is 5.41 Å². The van der Waals surface area contributed by atoms with Gasteiger partial charge in [0.15, 0.2) is 0 Å². The highest BCUT2D eigenvalue weighted by atomic mass is 14.8. The summed E-state index contributed by atoms with van der Waals surface area (Å²) < 4.78 is 0. The topological polar surface area (TPSA) is 51.6 Å². The first-order valence-corrected chi connectivity index (χ1v) is 16.5. The second kappa shape index (κ2) is 10.8. The molecule has 0 fully saturated rings. The van der Waals surface area contributed by atoms with Gasteiger partial charge in [0.1, 0.15) is 0 Å². The van der Waals surface area contributed by atoms with E-state index in [0.717, 1.165) is 45.0 Å². The number of pyridine rings is 4. The van der Waals surface area contributed by atoms with Crippen LogP contribution in [0.15, 0.2) is 170 Å². The lowest BCUT2D eigenvalue weighted by atomic mass is 9.70. The van der Waals surface area contributed by atoms with E-state index in [1.165, 1.54) is 44.5 Å². The van der Waals surface area contributed by atoms with Crippen LogP contribution in [0.5, 0.6) is 0 Å². The van der Waals surface area contributed by atoms with Gasteiger partial charge in [-0.1, -0.05) is 97.1 Å². The standard InChI is InChI=1S/C45H28N4/c1-3-11-37-33(9-1)34-10-2-4-12-38(34)45(37)39-25-29(31-17-21-43(48-27-31)41-13-5-7-23-46-41)15-19-35(39)36-20-16-30(26-40(36)45)32-18-22-44(49-28-32)42-14-6-8-24-47-42/h1-28H. The average molecular weight is 625 g/mol. The van der Waals surface area contributed by atoms with Crippen LogP contribution in [0.4, 0.5) is 0 Å². The van der Waals surface area contributed by atoms with E-state index in [2.05, 4.69) is 119 Å². The monoisotopic (exact) mass is 624 g/mol. The molecule has 2 aliphatic carbocycles. The van der Waals surface area contributed by atoms with Crippen LogP contribution < -0.4 is 0 Å². The highest BCUT2D eigenvalue weighted by molar-refractivity contribution is 5.96. The van der Waals surface area contributed by atoms with Crippen molar-refractivity contribution < 1.29 is 0 Å². The average Bonchev–Trinajstić information content (AvgIpc) is 3.65. The Morgan fingerprint density at radius 3 is 1.14 bits per heavy atom. The van der Waals surface area contributed by atoms with Crippen molar-refractivity contribution in [1.29, 1.82) is 0 Å². The molecule has 4 aromatic heterocycles. The maximum atomic E-state index is 4.82. The molecule has 2 aliphatic rings. The zero-order chi connectivity index (χ0) is 32.4. The fourth-order valence-corrected chi connectivity index (χ4v) is 7.96. The summed E-state index contributed by atoms with van der Waals surface area (Å²) in [5, 5.41) is 0. The highest BCUT2D eigenvalue weighted by Crippen LogP contribution is 2.63. The Hall–Kier alpha value is -6.52. The molecule has 228 valence electrons. The first-order valence-electron chi connectivity index (χ1n) is 16.5. The van der Waals surface area contributed by atoms with Crippen molar-refractivity contribution >= 4 is 0 Å². The zero-order valence-corrected chi connectivity index (χ0v) is 26.5. The third-order valence-corrected chi connectivity index (χ3v) is 10.1. The Morgan fingerprint density at radius 1 is 0.306 bits per heavy atom. The predicted molar refractivity (Wildman–Crippen MR) is 196 cm³/mol. The maximum Gasteiger partial charge on any atom is 0.0886 e. The molecule has 0 radical (unpaired) electrons. The third kappa shape index (κ3) is 4.11. The van der Waals surface area contributed by atoms with E-state index in [1.54, 1.807) is 12.4 Å². The Labute approximate surface area is 284 Å². The third-order valence-electron chi connectivity index (χ3n) is 10.1. The van der Waals surface area contributed by atoms with E-state index in [4.69, 9.17) is 9.97 Å². The van der Waals surface area contributed by atoms with Crippen molar-refractivity contribution in [2.24, 2.45) is 0 Å². The summed E-state index contributed by atoms with van der Waals surface area (Å²) in [5.74, 6) is 0. The summed E-state index contributed by atoms with van der Waals surface area (Å²) in [4.78, 5) is 18.6. The number of rotatable bonds is 4. The molecule has 8 aromatic rings. The molecule has 0 unspecified atom stereocenters. The highest BCUT2D eigenvalue weighted by Gasteiger charge is 2.51. The van der Waals surface area contributed by atoms with E-state index < -0.39 is 5.41 Å². The number of nitrogens with zero attached hydrogens (tertiary/aromatic N) is 4. The molecule has 0 saturated heterocycles. The fraction of sp³-hybridized carbons (Fsp3) is 0.0222. The van der Waals surface area contributed by atoms with Crippen LogP contribution in [0.3, 0.4) is 0 Å². The number of benzene rings is 4. The van der Waals surface area contributed by atoms with Crippen LogP contribution in [-0.2, 0) is 5.41 Å². The van der Waals surface area contributed by atoms with Crippen molar-refractivity contribution in [1.82, 2.24) is 19.9 Å². The molecule has 0 atom stereocenters. The number of aromatic nitrogens is 4. The lowest BCUT2D eigenvalue weighted by molar-refractivity contribution is 0.794. The second-order valence-electron chi connectivity index (χ2n) is 12.7. The molecule has 0 amide bonds. The molecule has 1 spiro atoms. The van der Waals surface area contributed by atoms with Crippen LogP contribution in [0.1, 0.15) is 22.3 Å². The van der Waals surface area contributed by atoms with Gasteiger partial charge in [-0.3, -0.25) is 19.9 Å². The Bertz CT molecular complexity index is 2340. The van der Waals surface area contributed by atoms with Crippen LogP contribution in [0, 0.1) is 0 Å². The fourth-order valence-electron chi connectivity index (χ4n) is 7.96. The van der Waals surface area contributed by atoms with Crippen LogP contribution in [-0.4, -0.2) is 19.9 Å². The van der Waals surface area contributed by atoms with Gasteiger partial charge in [0.2, 0.25) is 0 Å². The van der Waals surface area contributed by atoms with Gasteiger partial charge in [0.05, 0.1) is 28.2 Å². The van der Waals surface area contributed by atoms with Gasteiger partial charge >= 0.3 is 0 Å². The van der Waals surface area contributed by atoms with Crippen LogP contribution >= 0.6 is 0 Å². The summed E-state index contributed by atoms with van der Waals surface area (Å²) in [6, 6.07) is 52.0. The van der Waals surface area contributed by atoms with E-state index in [0.29, 0.717) is 0 Å². The van der Waals surface area contributed by atoms with Gasteiger partial charge in [-0.05, 0) is 104 Å². The first kappa shape index (κ1) is 27.6. The Balaban J connectivity index is 1.16. The van der Waals surface area contributed by atoms with Crippen LogP contribution in [0.2, 0.25) is 0 Å². The van der Waals surface area contributed by atoms with E-state index in [1.807, 2.05) is 48.8 Å². The predicted octanol–water partition coefficient (Wildman–Crippen LogP) is 10.3. The number of hydrogen-bond acceptors (Lipinski definition) is 4. The molecular formula is C45H28N4. The molecule has 0 saturated carbocycles. The molecule has 0 aliphatic heterocycles. The molecule has 4 heterocycles. The minimum absolute atomic E-state index is 0.466. The maximum absolute atomic E-state index is 4.82. The van der Waals surface area contributed by atoms with E-state index in [-0.39, 0.29) is 0 Å². The lowest BCUT2D eigenvalue weighted by Crippen LogP contribution is -2.26. The molecule has 0 N–H and O–H groups in total. The van der Waals surface area contributed by atoms with Crippen molar-refractivity contribution in [2.75, 3.05) is 0 Å². The largest absolute Gasteiger partial charge is 0.255 e. The lowest BCUT2D eigenvalue weighted by Gasteiger charge is -2.31. The van der Waals surface area contributed by atoms with Gasteiger partial charge in [-0.25, -0.2) is 0 Å². The minimum Gasteiger partial charge on any atom is -0.255 e. The zero-order valence-electron chi connectivity index (χ0n) is 26.5. The van der Waals surface area contributed by atoms with E-state index in [9.17, 15) is 0 Å². The number of hydrogen-bond donors (Lipinski definition) is 0. The van der Waals surface area contributed by atoms with Gasteiger partial charge in [0, 0.05) is 35.9 Å². The summed E-state index contributed by atoms with van der Waals surface area (Å²) in [6.07, 6.45) is 7.55. The Morgan fingerprint density at radius 2 is 0.714 bits per heavy atom. The van der Waals surface area contributed by atoms with Crippen molar-refractivity contribution in [3.8, 4) is 67.3 Å². The number of fused-ring (bicyclic) bond motifs is 10. The van der Waals surface area contributed by atoms with Gasteiger partial charge < -0.3 is 0 Å². The summed E-state index contributed by atoms with van der Waals surface area (Å²) >= 11 is 0. The van der Waals surface area contributed by atoms with Gasteiger partial charge in [-0.15, -0.1) is 0 Å². The molecule has 4 heteroatoms. The molecule has 4 nitrogen and oxygen atoms in total. The smallest absolute Gasteiger partial charge is 0.0886 e. The molecule has 10 rings (SSSR count). The minimum atomic E-state index is -0.466. The molecule has 4 aromatic carbocycles. The summed E-state index contributed by atoms with van der Waals surface area (Å²) in [5.41, 5.74) is 17.8. The van der Waals surface area contributed by atoms with Gasteiger partial charge in [-0.2, -0.15) is 0 Å². The van der Waals surface area contributed by atoms with E-state index >= 15 is 0 Å². The summed E-state index contributed by atoms with van der Waals surface area (Å²) in [6.45, 7) is 0. The summed E-state index contributed by atoms with van der Waals surface area (Å²) in [7, 11) is 0.